The number of methoxy groups -OCH3 is 1. The van der Waals surface area contributed by atoms with Crippen molar-refractivity contribution in [1.82, 2.24) is 0 Å². The van der Waals surface area contributed by atoms with Crippen LogP contribution in [-0.2, 0) is 9.53 Å². The SMILES string of the molecule is COCCOc1ccc(NC(=O)CCN)cc1Cl. The van der Waals surface area contributed by atoms with Crippen LogP contribution < -0.4 is 15.8 Å². The molecule has 1 aromatic rings. The number of amides is 1. The third-order valence-corrected chi connectivity index (χ3v) is 2.43. The Kier molecular flexibility index (Phi) is 6.49. The molecule has 1 aromatic carbocycles. The van der Waals surface area contributed by atoms with Crippen LogP contribution in [0.15, 0.2) is 18.2 Å². The van der Waals surface area contributed by atoms with Gasteiger partial charge in [0.05, 0.1) is 11.6 Å². The Hall–Kier alpha value is -1.30. The van der Waals surface area contributed by atoms with Crippen LogP contribution in [0.5, 0.6) is 5.75 Å². The number of hydrogen-bond acceptors (Lipinski definition) is 4. The van der Waals surface area contributed by atoms with E-state index < -0.39 is 0 Å². The van der Waals surface area contributed by atoms with E-state index in [-0.39, 0.29) is 12.3 Å². The maximum atomic E-state index is 11.3. The second-order valence-corrected chi connectivity index (χ2v) is 3.98. The van der Waals surface area contributed by atoms with Crippen molar-refractivity contribution in [3.63, 3.8) is 0 Å². The average molecular weight is 273 g/mol. The lowest BCUT2D eigenvalue weighted by molar-refractivity contribution is -0.116. The van der Waals surface area contributed by atoms with Crippen LogP contribution in [0.2, 0.25) is 5.02 Å². The summed E-state index contributed by atoms with van der Waals surface area (Å²) < 4.78 is 10.3. The third kappa shape index (κ3) is 4.91. The second-order valence-electron chi connectivity index (χ2n) is 3.57. The van der Waals surface area contributed by atoms with Crippen molar-refractivity contribution in [1.29, 1.82) is 0 Å². The molecule has 18 heavy (non-hydrogen) atoms. The first kappa shape index (κ1) is 14.8. The van der Waals surface area contributed by atoms with Crippen molar-refractivity contribution < 1.29 is 14.3 Å². The highest BCUT2D eigenvalue weighted by atomic mass is 35.5. The lowest BCUT2D eigenvalue weighted by Gasteiger charge is -2.10. The predicted octanol–water partition coefficient (Wildman–Crippen LogP) is 1.65. The average Bonchev–Trinajstić information content (AvgIpc) is 2.32. The first-order chi connectivity index (χ1) is 8.67. The van der Waals surface area contributed by atoms with E-state index in [9.17, 15) is 4.79 Å². The van der Waals surface area contributed by atoms with Gasteiger partial charge in [0.25, 0.3) is 0 Å². The molecule has 100 valence electrons. The summed E-state index contributed by atoms with van der Waals surface area (Å²) in [5.41, 5.74) is 5.91. The Morgan fingerprint density at radius 2 is 2.22 bits per heavy atom. The Morgan fingerprint density at radius 3 is 2.83 bits per heavy atom. The van der Waals surface area contributed by atoms with Crippen LogP contribution in [0.4, 0.5) is 5.69 Å². The minimum atomic E-state index is -0.137. The summed E-state index contributed by atoms with van der Waals surface area (Å²) in [7, 11) is 1.60. The third-order valence-electron chi connectivity index (χ3n) is 2.13. The van der Waals surface area contributed by atoms with Gasteiger partial charge in [0.2, 0.25) is 5.91 Å². The van der Waals surface area contributed by atoms with Gasteiger partial charge in [-0.2, -0.15) is 0 Å². The van der Waals surface area contributed by atoms with Crippen LogP contribution in [0.25, 0.3) is 0 Å². The number of carbonyl (C=O) groups excluding carboxylic acids is 1. The van der Waals surface area contributed by atoms with E-state index in [2.05, 4.69) is 5.32 Å². The Morgan fingerprint density at radius 1 is 1.44 bits per heavy atom. The van der Waals surface area contributed by atoms with Gasteiger partial charge in [0.1, 0.15) is 12.4 Å². The number of halogens is 1. The molecule has 0 atom stereocenters. The van der Waals surface area contributed by atoms with Crippen LogP contribution in [0.1, 0.15) is 6.42 Å². The largest absolute Gasteiger partial charge is 0.490 e. The molecule has 5 nitrogen and oxygen atoms in total. The van der Waals surface area contributed by atoms with Gasteiger partial charge in [-0.15, -0.1) is 0 Å². The fourth-order valence-corrected chi connectivity index (χ4v) is 1.52. The molecule has 0 aromatic heterocycles. The molecule has 0 saturated heterocycles. The van der Waals surface area contributed by atoms with E-state index in [1.54, 1.807) is 25.3 Å². The van der Waals surface area contributed by atoms with Crippen molar-refractivity contribution in [2.45, 2.75) is 6.42 Å². The van der Waals surface area contributed by atoms with Gasteiger partial charge in [-0.25, -0.2) is 0 Å². The van der Waals surface area contributed by atoms with Crippen molar-refractivity contribution in [3.8, 4) is 5.75 Å². The fraction of sp³-hybridized carbons (Fsp3) is 0.417. The van der Waals surface area contributed by atoms with Crippen molar-refractivity contribution in [2.24, 2.45) is 5.73 Å². The van der Waals surface area contributed by atoms with Crippen LogP contribution in [-0.4, -0.2) is 32.8 Å². The minimum Gasteiger partial charge on any atom is -0.490 e. The van der Waals surface area contributed by atoms with E-state index in [1.165, 1.54) is 0 Å². The molecular formula is C12H17ClN2O3. The van der Waals surface area contributed by atoms with Crippen molar-refractivity contribution in [2.75, 3.05) is 32.2 Å². The van der Waals surface area contributed by atoms with Crippen molar-refractivity contribution >= 4 is 23.2 Å². The molecule has 6 heteroatoms. The van der Waals surface area contributed by atoms with Gasteiger partial charge in [-0.05, 0) is 18.2 Å². The van der Waals surface area contributed by atoms with Gasteiger partial charge in [-0.1, -0.05) is 11.6 Å². The Balaban J connectivity index is 2.58. The molecule has 0 aliphatic heterocycles. The topological polar surface area (TPSA) is 73.6 Å². The lowest BCUT2D eigenvalue weighted by Crippen LogP contribution is -2.16. The molecule has 0 bridgehead atoms. The molecule has 3 N–H and O–H groups in total. The number of nitrogens with two attached hydrogens (primary N) is 1. The number of rotatable bonds is 7. The van der Waals surface area contributed by atoms with Crippen LogP contribution >= 0.6 is 11.6 Å². The zero-order valence-electron chi connectivity index (χ0n) is 10.2. The zero-order chi connectivity index (χ0) is 13.4. The molecule has 0 unspecified atom stereocenters. The Labute approximate surface area is 111 Å². The summed E-state index contributed by atoms with van der Waals surface area (Å²) in [6, 6.07) is 5.07. The van der Waals surface area contributed by atoms with E-state index in [0.717, 1.165) is 0 Å². The summed E-state index contributed by atoms with van der Waals surface area (Å²) >= 11 is 6.03. The first-order valence-corrected chi connectivity index (χ1v) is 5.96. The zero-order valence-corrected chi connectivity index (χ0v) is 11.0. The molecule has 0 aliphatic rings. The minimum absolute atomic E-state index is 0.137. The van der Waals surface area contributed by atoms with Crippen LogP contribution in [0, 0.1) is 0 Å². The first-order valence-electron chi connectivity index (χ1n) is 5.58. The summed E-state index contributed by atoms with van der Waals surface area (Å²) in [6.07, 6.45) is 0.281. The second kappa shape index (κ2) is 7.92. The number of anilines is 1. The molecule has 1 amide bonds. The number of nitrogens with one attached hydrogen (secondary N) is 1. The molecule has 0 saturated carbocycles. The maximum absolute atomic E-state index is 11.3. The molecule has 0 aliphatic carbocycles. The van der Waals surface area contributed by atoms with Gasteiger partial charge in [-0.3, -0.25) is 4.79 Å². The number of carbonyl (C=O) groups is 1. The highest BCUT2D eigenvalue weighted by molar-refractivity contribution is 6.32. The summed E-state index contributed by atoms with van der Waals surface area (Å²) in [5, 5.41) is 3.14. The highest BCUT2D eigenvalue weighted by Crippen LogP contribution is 2.27. The van der Waals surface area contributed by atoms with Gasteiger partial charge in [0.15, 0.2) is 0 Å². The molecule has 0 spiro atoms. The predicted molar refractivity (Wildman–Crippen MR) is 71.1 cm³/mol. The quantitative estimate of drug-likeness (QED) is 0.740. The van der Waals surface area contributed by atoms with Crippen molar-refractivity contribution in [3.05, 3.63) is 23.2 Å². The molecule has 0 radical (unpaired) electrons. The van der Waals surface area contributed by atoms with E-state index in [0.29, 0.717) is 36.2 Å². The molecular weight excluding hydrogens is 256 g/mol. The molecule has 0 fully saturated rings. The van der Waals surface area contributed by atoms with E-state index >= 15 is 0 Å². The maximum Gasteiger partial charge on any atom is 0.225 e. The van der Waals surface area contributed by atoms with Gasteiger partial charge >= 0.3 is 0 Å². The number of benzene rings is 1. The standard InChI is InChI=1S/C12H17ClN2O3/c1-17-6-7-18-11-3-2-9(8-10(11)13)15-12(16)4-5-14/h2-3,8H,4-7,14H2,1H3,(H,15,16). The Bertz CT molecular complexity index is 399. The highest BCUT2D eigenvalue weighted by Gasteiger charge is 2.05. The molecule has 1 rings (SSSR count). The summed E-state index contributed by atoms with van der Waals surface area (Å²) in [6.45, 7) is 1.23. The fourth-order valence-electron chi connectivity index (χ4n) is 1.29. The number of ether oxygens (including phenoxy) is 2. The number of hydrogen-bond donors (Lipinski definition) is 2. The van der Waals surface area contributed by atoms with Crippen LogP contribution in [0.3, 0.4) is 0 Å². The monoisotopic (exact) mass is 272 g/mol. The van der Waals surface area contributed by atoms with Gasteiger partial charge < -0.3 is 20.5 Å². The molecule has 0 heterocycles. The van der Waals surface area contributed by atoms with E-state index in [1.807, 2.05) is 0 Å². The smallest absolute Gasteiger partial charge is 0.225 e. The lowest BCUT2D eigenvalue weighted by atomic mass is 10.3. The normalized spacial score (nSPS) is 10.2. The van der Waals surface area contributed by atoms with E-state index in [4.69, 9.17) is 26.8 Å². The van der Waals surface area contributed by atoms with Gasteiger partial charge in [0, 0.05) is 25.8 Å². The summed E-state index contributed by atoms with van der Waals surface area (Å²) in [5.74, 6) is 0.423. The summed E-state index contributed by atoms with van der Waals surface area (Å²) in [4.78, 5) is 11.3.